The van der Waals surface area contributed by atoms with Crippen LogP contribution in [0.1, 0.15) is 23.0 Å². The van der Waals surface area contributed by atoms with E-state index in [1.165, 1.54) is 11.3 Å². The molecule has 0 spiro atoms. The number of thiazole rings is 1. The summed E-state index contributed by atoms with van der Waals surface area (Å²) < 4.78 is 5.20. The molecule has 7 heteroatoms. The Bertz CT molecular complexity index is 627. The summed E-state index contributed by atoms with van der Waals surface area (Å²) in [7, 11) is 1.55. The van der Waals surface area contributed by atoms with E-state index in [1.54, 1.807) is 19.2 Å². The maximum absolute atomic E-state index is 12.3. The Morgan fingerprint density at radius 1 is 1.43 bits per heavy atom. The third-order valence-corrected chi connectivity index (χ3v) is 3.77. The van der Waals surface area contributed by atoms with Gasteiger partial charge >= 0.3 is 0 Å². The zero-order valence-electron chi connectivity index (χ0n) is 12.0. The number of hydrogen-bond acceptors (Lipinski definition) is 6. The summed E-state index contributed by atoms with van der Waals surface area (Å²) in [5.41, 5.74) is 6.40. The van der Waals surface area contributed by atoms with Crippen molar-refractivity contribution in [1.29, 1.82) is 0 Å². The van der Waals surface area contributed by atoms with Gasteiger partial charge in [0.2, 0.25) is 0 Å². The van der Waals surface area contributed by atoms with Crippen LogP contribution >= 0.6 is 11.3 Å². The van der Waals surface area contributed by atoms with Gasteiger partial charge in [-0.1, -0.05) is 30.4 Å². The van der Waals surface area contributed by atoms with Crippen molar-refractivity contribution in [2.75, 3.05) is 30.0 Å². The van der Waals surface area contributed by atoms with Crippen LogP contribution < -0.4 is 21.1 Å². The molecule has 4 N–H and O–H groups in total. The van der Waals surface area contributed by atoms with Crippen molar-refractivity contribution in [3.8, 4) is 5.75 Å². The van der Waals surface area contributed by atoms with Crippen LogP contribution in [0.25, 0.3) is 0 Å². The van der Waals surface area contributed by atoms with Gasteiger partial charge in [-0.2, -0.15) is 0 Å². The zero-order chi connectivity index (χ0) is 15.2. The average molecular weight is 306 g/mol. The van der Waals surface area contributed by atoms with E-state index in [9.17, 15) is 4.79 Å². The van der Waals surface area contributed by atoms with Gasteiger partial charge in [-0.3, -0.25) is 4.79 Å². The molecule has 21 heavy (non-hydrogen) atoms. The second kappa shape index (κ2) is 6.94. The fraction of sp³-hybridized carbons (Fsp3) is 0.286. The molecule has 0 aliphatic rings. The zero-order valence-corrected chi connectivity index (χ0v) is 12.8. The minimum absolute atomic E-state index is 0.228. The molecule has 0 atom stereocenters. The molecule has 2 rings (SSSR count). The first-order chi connectivity index (χ1) is 10.2. The lowest BCUT2D eigenvalue weighted by Crippen LogP contribution is -2.12. The molecule has 0 fully saturated rings. The van der Waals surface area contributed by atoms with Gasteiger partial charge in [-0.05, 0) is 18.6 Å². The highest BCUT2D eigenvalue weighted by Crippen LogP contribution is 2.28. The van der Waals surface area contributed by atoms with E-state index in [1.807, 2.05) is 12.1 Å². The van der Waals surface area contributed by atoms with E-state index >= 15 is 0 Å². The van der Waals surface area contributed by atoms with Crippen LogP contribution in [-0.2, 0) is 0 Å². The van der Waals surface area contributed by atoms with E-state index in [2.05, 4.69) is 22.5 Å². The molecule has 1 aromatic heterocycles. The monoisotopic (exact) mass is 306 g/mol. The molecule has 0 aliphatic carbocycles. The summed E-state index contributed by atoms with van der Waals surface area (Å²) in [6, 6.07) is 7.20. The number of para-hydroxylation sites is 2. The summed E-state index contributed by atoms with van der Waals surface area (Å²) in [4.78, 5) is 16.8. The van der Waals surface area contributed by atoms with Crippen LogP contribution in [-0.4, -0.2) is 24.5 Å². The maximum Gasteiger partial charge on any atom is 0.269 e. The third kappa shape index (κ3) is 3.63. The molecule has 0 radical (unpaired) electrons. The first kappa shape index (κ1) is 15.1. The number of amides is 1. The van der Waals surface area contributed by atoms with E-state index in [4.69, 9.17) is 10.5 Å². The number of nitrogen functional groups attached to an aromatic ring is 1. The standard InChI is InChI=1S/C14H18N4O2S/c1-3-8-16-14-18-12(15)11(21-14)13(19)17-9-6-4-5-7-10(9)20-2/h4-7H,3,8,15H2,1-2H3,(H,16,18)(H,17,19). The Morgan fingerprint density at radius 2 is 2.19 bits per heavy atom. The number of aromatic nitrogens is 1. The molecular formula is C14H18N4O2S. The Morgan fingerprint density at radius 3 is 2.90 bits per heavy atom. The summed E-state index contributed by atoms with van der Waals surface area (Å²) in [5.74, 6) is 0.531. The van der Waals surface area contributed by atoms with Crippen LogP contribution in [0, 0.1) is 0 Å². The highest BCUT2D eigenvalue weighted by atomic mass is 32.1. The van der Waals surface area contributed by atoms with Crippen LogP contribution in [0.3, 0.4) is 0 Å². The van der Waals surface area contributed by atoms with E-state index in [-0.39, 0.29) is 11.7 Å². The number of benzene rings is 1. The first-order valence-corrected chi connectivity index (χ1v) is 7.42. The molecule has 1 aromatic carbocycles. The van der Waals surface area contributed by atoms with Gasteiger partial charge in [0.25, 0.3) is 5.91 Å². The van der Waals surface area contributed by atoms with Crippen molar-refractivity contribution in [3.63, 3.8) is 0 Å². The van der Waals surface area contributed by atoms with Crippen LogP contribution in [0.2, 0.25) is 0 Å². The lowest BCUT2D eigenvalue weighted by atomic mass is 10.3. The fourth-order valence-corrected chi connectivity index (χ4v) is 2.53. The first-order valence-electron chi connectivity index (χ1n) is 6.60. The number of nitrogens with one attached hydrogen (secondary N) is 2. The molecule has 2 aromatic rings. The topological polar surface area (TPSA) is 89.3 Å². The lowest BCUT2D eigenvalue weighted by molar-refractivity contribution is 0.103. The van der Waals surface area contributed by atoms with Crippen molar-refractivity contribution in [3.05, 3.63) is 29.1 Å². The minimum atomic E-state index is -0.293. The quantitative estimate of drug-likeness (QED) is 0.763. The highest BCUT2D eigenvalue weighted by molar-refractivity contribution is 7.18. The molecule has 1 amide bonds. The molecule has 0 bridgehead atoms. The number of nitrogens with two attached hydrogens (primary N) is 1. The molecule has 6 nitrogen and oxygen atoms in total. The highest BCUT2D eigenvalue weighted by Gasteiger charge is 2.17. The largest absolute Gasteiger partial charge is 0.495 e. The van der Waals surface area contributed by atoms with Gasteiger partial charge in [0.1, 0.15) is 16.4 Å². The Kier molecular flexibility index (Phi) is 4.99. The maximum atomic E-state index is 12.3. The summed E-state index contributed by atoms with van der Waals surface area (Å²) in [5, 5.41) is 6.56. The van der Waals surface area contributed by atoms with E-state index in [0.29, 0.717) is 21.4 Å². The molecule has 0 unspecified atom stereocenters. The summed E-state index contributed by atoms with van der Waals surface area (Å²) in [6.45, 7) is 2.85. The predicted octanol–water partition coefficient (Wildman–Crippen LogP) is 2.81. The number of carbonyl (C=O) groups excluding carboxylic acids is 1. The van der Waals surface area contributed by atoms with Gasteiger partial charge in [0, 0.05) is 6.54 Å². The number of rotatable bonds is 6. The van der Waals surface area contributed by atoms with Crippen molar-refractivity contribution in [2.24, 2.45) is 0 Å². The number of nitrogens with zero attached hydrogens (tertiary/aromatic N) is 1. The van der Waals surface area contributed by atoms with Gasteiger partial charge in [0.05, 0.1) is 12.8 Å². The number of ether oxygens (including phenoxy) is 1. The molecule has 0 saturated heterocycles. The van der Waals surface area contributed by atoms with Crippen LogP contribution in [0.15, 0.2) is 24.3 Å². The molecule has 0 aliphatic heterocycles. The number of hydrogen-bond donors (Lipinski definition) is 3. The fourth-order valence-electron chi connectivity index (χ4n) is 1.73. The summed E-state index contributed by atoms with van der Waals surface area (Å²) >= 11 is 1.24. The Labute approximate surface area is 127 Å². The van der Waals surface area contributed by atoms with Gasteiger partial charge in [0.15, 0.2) is 5.13 Å². The molecule has 0 saturated carbocycles. The second-order valence-electron chi connectivity index (χ2n) is 4.31. The SMILES string of the molecule is CCCNc1nc(N)c(C(=O)Nc2ccccc2OC)s1. The third-order valence-electron chi connectivity index (χ3n) is 2.74. The minimum Gasteiger partial charge on any atom is -0.495 e. The van der Waals surface area contributed by atoms with Crippen LogP contribution in [0.4, 0.5) is 16.6 Å². The second-order valence-corrected chi connectivity index (χ2v) is 5.31. The Balaban J connectivity index is 2.15. The molecule has 112 valence electrons. The average Bonchev–Trinajstić information content (AvgIpc) is 2.86. The number of anilines is 3. The normalized spacial score (nSPS) is 10.2. The summed E-state index contributed by atoms with van der Waals surface area (Å²) in [6.07, 6.45) is 0.974. The van der Waals surface area contributed by atoms with Gasteiger partial charge in [-0.15, -0.1) is 0 Å². The predicted molar refractivity (Wildman–Crippen MR) is 86.3 cm³/mol. The van der Waals surface area contributed by atoms with E-state index < -0.39 is 0 Å². The van der Waals surface area contributed by atoms with Crippen molar-refractivity contribution in [1.82, 2.24) is 4.98 Å². The Hall–Kier alpha value is -2.28. The molecule has 1 heterocycles. The van der Waals surface area contributed by atoms with Crippen LogP contribution in [0.5, 0.6) is 5.75 Å². The van der Waals surface area contributed by atoms with E-state index in [0.717, 1.165) is 13.0 Å². The van der Waals surface area contributed by atoms with Gasteiger partial charge in [-0.25, -0.2) is 4.98 Å². The number of methoxy groups -OCH3 is 1. The number of carbonyl (C=O) groups is 1. The van der Waals surface area contributed by atoms with Crippen molar-refractivity contribution in [2.45, 2.75) is 13.3 Å². The van der Waals surface area contributed by atoms with Crippen molar-refractivity contribution >= 4 is 33.9 Å². The lowest BCUT2D eigenvalue weighted by Gasteiger charge is -2.08. The smallest absolute Gasteiger partial charge is 0.269 e. The molecular weight excluding hydrogens is 288 g/mol. The van der Waals surface area contributed by atoms with Crippen molar-refractivity contribution < 1.29 is 9.53 Å². The van der Waals surface area contributed by atoms with Gasteiger partial charge < -0.3 is 21.1 Å².